The summed E-state index contributed by atoms with van der Waals surface area (Å²) in [5, 5.41) is 27.7. The Morgan fingerprint density at radius 1 is 1.06 bits per heavy atom. The molecule has 5 rings (SSSR count). The number of rotatable bonds is 15. The molecule has 2 aliphatic rings. The van der Waals surface area contributed by atoms with Crippen LogP contribution in [0.3, 0.4) is 0 Å². The Morgan fingerprint density at radius 3 is 2.44 bits per heavy atom. The van der Waals surface area contributed by atoms with Gasteiger partial charge in [0, 0.05) is 54.7 Å². The van der Waals surface area contributed by atoms with Crippen LogP contribution in [0, 0.1) is 35.0 Å². The number of likely N-dealkylation sites (N-methyl/N-ethyl adjacent to an activating group) is 1. The SMILES string of the molecule is CC(C)C[C@@H](CN(C)C)N(Cc1cccc(CN2O[C@@H](CO)[C@@H]([C@H](C)O)[C@H]2C(=O)N[C@H]2C[C@@H](C)C(C)(C)[C@@H](C)[C@@H]2C)c1)Cc1cccc2[nH]ccc12. The molecule has 9 atom stereocenters. The van der Waals surface area contributed by atoms with Gasteiger partial charge < -0.3 is 25.4 Å². The molecule has 4 N–H and O–H groups in total. The standard InChI is InChI=1S/C43H67N5O4/c1-27(2)19-35(25-46(9)10)47(24-34-15-12-16-37-36(34)17-18-44-37)22-32-13-11-14-33(21-32)23-48-41(40(31(6)50)39(26-49)52-48)42(51)45-38-20-28(3)43(7,8)30(5)29(38)4/h11-18,21,27-31,35,38-41,44,49-50H,19-20,22-26H2,1-10H3,(H,45,51)/t28-,29+,30+,31+,35+,38+,39+,40-,41+/m1/s1. The van der Waals surface area contributed by atoms with E-state index in [0.717, 1.165) is 43.6 Å². The third kappa shape index (κ3) is 9.11. The van der Waals surface area contributed by atoms with Gasteiger partial charge in [-0.25, -0.2) is 0 Å². The number of hydrogen-bond donors (Lipinski definition) is 4. The van der Waals surface area contributed by atoms with Gasteiger partial charge in [-0.3, -0.25) is 14.5 Å². The van der Waals surface area contributed by atoms with Crippen LogP contribution in [0.4, 0.5) is 0 Å². The summed E-state index contributed by atoms with van der Waals surface area (Å²) in [5.41, 5.74) is 4.86. The normalized spacial score (nSPS) is 27.9. The van der Waals surface area contributed by atoms with Crippen molar-refractivity contribution >= 4 is 16.8 Å². The highest BCUT2D eigenvalue weighted by molar-refractivity contribution is 5.83. The Hall–Kier alpha value is -2.79. The van der Waals surface area contributed by atoms with E-state index in [1.54, 1.807) is 12.0 Å². The number of aromatic amines is 1. The number of hydroxylamine groups is 2. The lowest BCUT2D eigenvalue weighted by atomic mass is 9.58. The number of carbonyl (C=O) groups excluding carboxylic acids is 1. The van der Waals surface area contributed by atoms with Crippen LogP contribution in [0.25, 0.3) is 10.9 Å². The van der Waals surface area contributed by atoms with E-state index in [9.17, 15) is 15.0 Å². The summed E-state index contributed by atoms with van der Waals surface area (Å²) in [6.07, 6.45) is 2.49. The van der Waals surface area contributed by atoms with E-state index >= 15 is 0 Å². The zero-order valence-corrected chi connectivity index (χ0v) is 33.5. The Labute approximate surface area is 313 Å². The van der Waals surface area contributed by atoms with Gasteiger partial charge in [0.1, 0.15) is 12.1 Å². The lowest BCUT2D eigenvalue weighted by Gasteiger charge is -2.50. The average molecular weight is 718 g/mol. The number of nitrogens with zero attached hydrogens (tertiary/aromatic N) is 3. The van der Waals surface area contributed by atoms with Crippen LogP contribution >= 0.6 is 0 Å². The summed E-state index contributed by atoms with van der Waals surface area (Å²) in [6.45, 7) is 20.4. The van der Waals surface area contributed by atoms with Gasteiger partial charge in [0.2, 0.25) is 5.91 Å². The number of fused-ring (bicyclic) bond motifs is 1. The second-order valence-electron chi connectivity index (χ2n) is 17.5. The van der Waals surface area contributed by atoms with E-state index in [2.05, 4.69) is 131 Å². The molecule has 3 aromatic rings. The molecule has 9 heteroatoms. The lowest BCUT2D eigenvalue weighted by molar-refractivity contribution is -0.182. The average Bonchev–Trinajstić information content (AvgIpc) is 3.71. The van der Waals surface area contributed by atoms with Crippen LogP contribution < -0.4 is 5.32 Å². The number of H-pyrrole nitrogens is 1. The van der Waals surface area contributed by atoms with Gasteiger partial charge >= 0.3 is 0 Å². The maximum atomic E-state index is 14.3. The number of nitrogens with one attached hydrogen (secondary N) is 2. The first kappa shape index (κ1) is 40.4. The van der Waals surface area contributed by atoms with Crippen LogP contribution in [0.5, 0.6) is 0 Å². The first-order valence-corrected chi connectivity index (χ1v) is 19.6. The van der Waals surface area contributed by atoms with Crippen molar-refractivity contribution in [1.82, 2.24) is 25.2 Å². The molecule has 2 fully saturated rings. The fraction of sp³-hybridized carbons (Fsp3) is 0.651. The fourth-order valence-electron chi connectivity index (χ4n) is 9.08. The molecule has 1 aliphatic heterocycles. The molecule has 1 saturated carbocycles. The maximum absolute atomic E-state index is 14.3. The fourth-order valence-corrected chi connectivity index (χ4v) is 9.08. The van der Waals surface area contributed by atoms with Crippen molar-refractivity contribution in [3.8, 4) is 0 Å². The third-order valence-corrected chi connectivity index (χ3v) is 12.8. The van der Waals surface area contributed by atoms with Crippen LogP contribution in [0.1, 0.15) is 84.9 Å². The third-order valence-electron chi connectivity index (χ3n) is 12.8. The van der Waals surface area contributed by atoms with Gasteiger partial charge in [0.15, 0.2) is 0 Å². The molecule has 0 unspecified atom stereocenters. The molecule has 1 aliphatic carbocycles. The maximum Gasteiger partial charge on any atom is 0.240 e. The molecular formula is C43H67N5O4. The van der Waals surface area contributed by atoms with E-state index < -0.39 is 24.2 Å². The van der Waals surface area contributed by atoms with Gasteiger partial charge in [-0.15, -0.1) is 0 Å². The van der Waals surface area contributed by atoms with Crippen molar-refractivity contribution in [1.29, 1.82) is 0 Å². The molecule has 1 saturated heterocycles. The minimum atomic E-state index is -0.836. The highest BCUT2D eigenvalue weighted by Crippen LogP contribution is 2.47. The molecule has 1 aromatic heterocycles. The van der Waals surface area contributed by atoms with Crippen LogP contribution in [-0.2, 0) is 29.3 Å². The number of benzene rings is 2. The molecule has 0 bridgehead atoms. The van der Waals surface area contributed by atoms with E-state index in [1.807, 2.05) is 6.20 Å². The van der Waals surface area contributed by atoms with Gasteiger partial charge in [-0.05, 0) is 91.8 Å². The first-order valence-electron chi connectivity index (χ1n) is 19.6. The quantitative estimate of drug-likeness (QED) is 0.144. The first-order chi connectivity index (χ1) is 24.6. The van der Waals surface area contributed by atoms with Crippen molar-refractivity contribution in [2.75, 3.05) is 27.2 Å². The van der Waals surface area contributed by atoms with Crippen molar-refractivity contribution in [2.24, 2.45) is 35.0 Å². The number of aromatic nitrogens is 1. The summed E-state index contributed by atoms with van der Waals surface area (Å²) < 4.78 is 0. The second kappa shape index (κ2) is 17.1. The number of aliphatic hydroxyl groups excluding tert-OH is 2. The van der Waals surface area contributed by atoms with Crippen molar-refractivity contribution < 1.29 is 19.8 Å². The predicted molar refractivity (Wildman–Crippen MR) is 210 cm³/mol. The summed E-state index contributed by atoms with van der Waals surface area (Å²) in [7, 11) is 4.30. The molecule has 9 nitrogen and oxygen atoms in total. The number of carbonyl (C=O) groups is 1. The largest absolute Gasteiger partial charge is 0.394 e. The van der Waals surface area contributed by atoms with Crippen LogP contribution in [-0.4, -0.2) is 93.5 Å². The van der Waals surface area contributed by atoms with Crippen LogP contribution in [0.15, 0.2) is 54.7 Å². The minimum Gasteiger partial charge on any atom is -0.394 e. The van der Waals surface area contributed by atoms with Crippen LogP contribution in [0.2, 0.25) is 0 Å². The molecule has 2 aromatic carbocycles. The minimum absolute atomic E-state index is 0.0302. The number of aliphatic hydroxyl groups is 2. The highest BCUT2D eigenvalue weighted by atomic mass is 16.7. The highest BCUT2D eigenvalue weighted by Gasteiger charge is 2.51. The van der Waals surface area contributed by atoms with Gasteiger partial charge in [-0.1, -0.05) is 84.9 Å². The predicted octanol–water partition coefficient (Wildman–Crippen LogP) is 6.44. The second-order valence-corrected chi connectivity index (χ2v) is 17.5. The van der Waals surface area contributed by atoms with E-state index in [-0.39, 0.29) is 24.0 Å². The molecule has 0 radical (unpaired) electrons. The zero-order chi connectivity index (χ0) is 37.9. The topological polar surface area (TPSA) is 104 Å². The van der Waals surface area contributed by atoms with Crippen molar-refractivity contribution in [3.05, 3.63) is 71.4 Å². The summed E-state index contributed by atoms with van der Waals surface area (Å²) in [6, 6.07) is 16.9. The molecule has 52 heavy (non-hydrogen) atoms. The molecule has 0 spiro atoms. The Kier molecular flexibility index (Phi) is 13.3. The lowest BCUT2D eigenvalue weighted by Crippen LogP contribution is -2.56. The zero-order valence-electron chi connectivity index (χ0n) is 33.5. The monoisotopic (exact) mass is 718 g/mol. The van der Waals surface area contributed by atoms with Gasteiger partial charge in [-0.2, -0.15) is 5.06 Å². The number of amides is 1. The van der Waals surface area contributed by atoms with Gasteiger partial charge in [0.25, 0.3) is 0 Å². The molecular weight excluding hydrogens is 651 g/mol. The van der Waals surface area contributed by atoms with E-state index in [0.29, 0.717) is 36.3 Å². The smallest absolute Gasteiger partial charge is 0.240 e. The Morgan fingerprint density at radius 2 is 1.77 bits per heavy atom. The van der Waals surface area contributed by atoms with E-state index in [1.165, 1.54) is 16.5 Å². The summed E-state index contributed by atoms with van der Waals surface area (Å²) in [4.78, 5) is 28.9. The molecule has 288 valence electrons. The summed E-state index contributed by atoms with van der Waals surface area (Å²) in [5.74, 6) is 1.04. The Bertz CT molecular complexity index is 1590. The van der Waals surface area contributed by atoms with Crippen molar-refractivity contribution in [2.45, 2.75) is 118 Å². The Balaban J connectivity index is 1.40. The molecule has 1 amide bonds. The van der Waals surface area contributed by atoms with Gasteiger partial charge in [0.05, 0.1) is 19.3 Å². The summed E-state index contributed by atoms with van der Waals surface area (Å²) >= 11 is 0. The van der Waals surface area contributed by atoms with Crippen molar-refractivity contribution in [3.63, 3.8) is 0 Å². The number of hydrogen-bond acceptors (Lipinski definition) is 7. The van der Waals surface area contributed by atoms with E-state index in [4.69, 9.17) is 4.84 Å². The molecule has 2 heterocycles.